The van der Waals surface area contributed by atoms with Crippen LogP contribution in [0.1, 0.15) is 39.0 Å². The Kier molecular flexibility index (Phi) is 6.32. The highest BCUT2D eigenvalue weighted by Gasteiger charge is 2.27. The van der Waals surface area contributed by atoms with E-state index in [1.807, 2.05) is 43.1 Å². The van der Waals surface area contributed by atoms with Crippen LogP contribution < -0.4 is 0 Å². The van der Waals surface area contributed by atoms with Gasteiger partial charge in [-0.05, 0) is 44.0 Å². The maximum atomic E-state index is 13.3. The molecule has 0 radical (unpaired) electrons. The predicted molar refractivity (Wildman–Crippen MR) is 120 cm³/mol. The van der Waals surface area contributed by atoms with Crippen molar-refractivity contribution in [3.8, 4) is 11.3 Å². The molecule has 6 heteroatoms. The topological polar surface area (TPSA) is 46.1 Å². The van der Waals surface area contributed by atoms with Crippen LogP contribution in [0.15, 0.2) is 53.6 Å². The Morgan fingerprint density at radius 1 is 1.03 bits per heavy atom. The lowest BCUT2D eigenvalue weighted by Crippen LogP contribution is -2.42. The van der Waals surface area contributed by atoms with Crippen LogP contribution in [0.4, 0.5) is 4.39 Å². The van der Waals surface area contributed by atoms with Crippen LogP contribution in [-0.2, 0) is 4.79 Å². The van der Waals surface area contributed by atoms with Crippen LogP contribution in [0.5, 0.6) is 0 Å². The van der Waals surface area contributed by atoms with E-state index in [2.05, 4.69) is 10.2 Å². The van der Waals surface area contributed by atoms with Crippen molar-refractivity contribution in [3.05, 3.63) is 54.3 Å². The zero-order valence-corrected chi connectivity index (χ0v) is 18.2. The molecule has 1 aromatic heterocycles. The molecule has 1 saturated carbocycles. The van der Waals surface area contributed by atoms with E-state index in [4.69, 9.17) is 0 Å². The standard InChI is InChI=1S/C24H26FN3OS/c1-16(24(29)28(2)19-8-4-3-5-9-19)30-23-21-11-7-6-10-20(21)22(26-27-23)17-12-14-18(25)15-13-17/h6-7,10-16,19H,3-5,8-9H2,1-2H3/t16-/m0/s1. The second kappa shape index (κ2) is 9.13. The number of fused-ring (bicyclic) bond motifs is 1. The van der Waals surface area contributed by atoms with Crippen LogP contribution >= 0.6 is 11.8 Å². The third kappa shape index (κ3) is 4.33. The van der Waals surface area contributed by atoms with Gasteiger partial charge in [0.2, 0.25) is 5.91 Å². The van der Waals surface area contributed by atoms with E-state index in [-0.39, 0.29) is 17.0 Å². The second-order valence-corrected chi connectivity index (χ2v) is 9.24. The minimum atomic E-state index is -0.280. The number of rotatable bonds is 5. The summed E-state index contributed by atoms with van der Waals surface area (Å²) in [6, 6.07) is 14.5. The summed E-state index contributed by atoms with van der Waals surface area (Å²) < 4.78 is 13.3. The third-order valence-electron chi connectivity index (χ3n) is 5.88. The fourth-order valence-corrected chi connectivity index (χ4v) is 5.14. The lowest BCUT2D eigenvalue weighted by molar-refractivity contribution is -0.131. The zero-order chi connectivity index (χ0) is 21.1. The third-order valence-corrected chi connectivity index (χ3v) is 6.96. The van der Waals surface area contributed by atoms with Crippen LogP contribution in [0.3, 0.4) is 0 Å². The molecule has 0 saturated heterocycles. The summed E-state index contributed by atoms with van der Waals surface area (Å²) in [5.41, 5.74) is 1.53. The summed E-state index contributed by atoms with van der Waals surface area (Å²) in [5, 5.41) is 11.3. The largest absolute Gasteiger partial charge is 0.342 e. The Balaban J connectivity index is 1.59. The van der Waals surface area contributed by atoms with Crippen LogP contribution in [0.2, 0.25) is 0 Å². The average Bonchev–Trinajstić information content (AvgIpc) is 2.79. The zero-order valence-electron chi connectivity index (χ0n) is 17.3. The second-order valence-electron chi connectivity index (χ2n) is 7.91. The molecule has 0 N–H and O–H groups in total. The minimum Gasteiger partial charge on any atom is -0.342 e. The smallest absolute Gasteiger partial charge is 0.235 e. The van der Waals surface area contributed by atoms with Gasteiger partial charge in [-0.15, -0.1) is 10.2 Å². The molecule has 4 rings (SSSR count). The van der Waals surface area contributed by atoms with E-state index in [0.717, 1.165) is 34.2 Å². The summed E-state index contributed by atoms with van der Waals surface area (Å²) in [5.74, 6) is -0.141. The maximum absolute atomic E-state index is 13.3. The van der Waals surface area contributed by atoms with E-state index in [0.29, 0.717) is 11.7 Å². The Hall–Kier alpha value is -2.47. The highest BCUT2D eigenvalue weighted by Crippen LogP contribution is 2.34. The molecule has 1 atom stereocenters. The Labute approximate surface area is 180 Å². The number of carbonyl (C=O) groups is 1. The molecule has 1 aliphatic rings. The molecule has 2 aromatic carbocycles. The van der Waals surface area contributed by atoms with Gasteiger partial charge >= 0.3 is 0 Å². The first-order valence-electron chi connectivity index (χ1n) is 10.5. The van der Waals surface area contributed by atoms with Crippen molar-refractivity contribution < 1.29 is 9.18 Å². The molecule has 0 unspecified atom stereocenters. The predicted octanol–water partition coefficient (Wildman–Crippen LogP) is 5.71. The van der Waals surface area contributed by atoms with E-state index in [9.17, 15) is 9.18 Å². The fourth-order valence-electron chi connectivity index (χ4n) is 4.14. The van der Waals surface area contributed by atoms with Gasteiger partial charge in [0, 0.05) is 29.4 Å². The monoisotopic (exact) mass is 423 g/mol. The summed E-state index contributed by atoms with van der Waals surface area (Å²) in [4.78, 5) is 15.0. The van der Waals surface area contributed by atoms with E-state index >= 15 is 0 Å². The number of hydrogen-bond donors (Lipinski definition) is 0. The minimum absolute atomic E-state index is 0.139. The molecule has 30 heavy (non-hydrogen) atoms. The summed E-state index contributed by atoms with van der Waals surface area (Å²) >= 11 is 1.46. The molecule has 1 amide bonds. The number of hydrogen-bond acceptors (Lipinski definition) is 4. The molecule has 0 bridgehead atoms. The van der Waals surface area contributed by atoms with Gasteiger partial charge in [0.1, 0.15) is 16.5 Å². The maximum Gasteiger partial charge on any atom is 0.235 e. The van der Waals surface area contributed by atoms with Crippen molar-refractivity contribution in [1.82, 2.24) is 15.1 Å². The lowest BCUT2D eigenvalue weighted by atomic mass is 9.94. The Morgan fingerprint density at radius 3 is 2.40 bits per heavy atom. The first kappa shape index (κ1) is 20.8. The molecular formula is C24H26FN3OS. The Morgan fingerprint density at radius 2 is 1.70 bits per heavy atom. The molecular weight excluding hydrogens is 397 g/mol. The van der Waals surface area contributed by atoms with Crippen molar-refractivity contribution >= 4 is 28.4 Å². The number of nitrogens with zero attached hydrogens (tertiary/aromatic N) is 3. The van der Waals surface area contributed by atoms with Gasteiger partial charge in [0.15, 0.2) is 0 Å². The first-order valence-corrected chi connectivity index (χ1v) is 11.4. The van der Waals surface area contributed by atoms with Gasteiger partial charge in [-0.1, -0.05) is 55.3 Å². The van der Waals surface area contributed by atoms with Gasteiger partial charge in [0.25, 0.3) is 0 Å². The quantitative estimate of drug-likeness (QED) is 0.493. The SMILES string of the molecule is C[C@H](Sc1nnc(-c2ccc(F)cc2)c2ccccc12)C(=O)N(C)C1CCCCC1. The normalized spacial score (nSPS) is 15.8. The molecule has 0 aliphatic heterocycles. The van der Waals surface area contributed by atoms with Crippen molar-refractivity contribution in [2.45, 2.75) is 55.3 Å². The number of halogens is 1. The van der Waals surface area contributed by atoms with Gasteiger partial charge in [-0.2, -0.15) is 0 Å². The van der Waals surface area contributed by atoms with E-state index in [1.165, 1.54) is 43.2 Å². The highest BCUT2D eigenvalue weighted by atomic mass is 32.2. The summed E-state index contributed by atoms with van der Waals surface area (Å²) in [6.45, 7) is 1.94. The van der Waals surface area contributed by atoms with Crippen LogP contribution in [-0.4, -0.2) is 39.3 Å². The molecule has 1 aliphatic carbocycles. The molecule has 0 spiro atoms. The van der Waals surface area contributed by atoms with Crippen molar-refractivity contribution in [1.29, 1.82) is 0 Å². The first-order chi connectivity index (χ1) is 14.5. The van der Waals surface area contributed by atoms with E-state index < -0.39 is 0 Å². The van der Waals surface area contributed by atoms with Gasteiger partial charge in [0.05, 0.1) is 5.25 Å². The van der Waals surface area contributed by atoms with Crippen molar-refractivity contribution in [2.75, 3.05) is 7.05 Å². The van der Waals surface area contributed by atoms with Gasteiger partial charge in [-0.25, -0.2) is 4.39 Å². The molecule has 4 nitrogen and oxygen atoms in total. The summed E-state index contributed by atoms with van der Waals surface area (Å²) in [7, 11) is 1.93. The number of amides is 1. The highest BCUT2D eigenvalue weighted by molar-refractivity contribution is 8.00. The number of aromatic nitrogens is 2. The molecule has 1 fully saturated rings. The van der Waals surface area contributed by atoms with Gasteiger partial charge < -0.3 is 4.90 Å². The number of carbonyl (C=O) groups excluding carboxylic acids is 1. The molecule has 156 valence electrons. The number of thioether (sulfide) groups is 1. The van der Waals surface area contributed by atoms with Crippen molar-refractivity contribution in [2.24, 2.45) is 0 Å². The summed E-state index contributed by atoms with van der Waals surface area (Å²) in [6.07, 6.45) is 5.85. The fraction of sp³-hybridized carbons (Fsp3) is 0.375. The Bertz CT molecular complexity index is 1030. The molecule has 3 aromatic rings. The lowest BCUT2D eigenvalue weighted by Gasteiger charge is -2.32. The van der Waals surface area contributed by atoms with Gasteiger partial charge in [-0.3, -0.25) is 4.79 Å². The molecule has 1 heterocycles. The van der Waals surface area contributed by atoms with E-state index in [1.54, 1.807) is 12.1 Å². The average molecular weight is 424 g/mol. The van der Waals surface area contributed by atoms with Crippen LogP contribution in [0.25, 0.3) is 22.0 Å². The number of benzene rings is 2. The van der Waals surface area contributed by atoms with Crippen LogP contribution in [0, 0.1) is 5.82 Å². The van der Waals surface area contributed by atoms with Crippen molar-refractivity contribution in [3.63, 3.8) is 0 Å².